The van der Waals surface area contributed by atoms with Gasteiger partial charge in [-0.05, 0) is 49.4 Å². The highest BCUT2D eigenvalue weighted by atomic mass is 32.2. The van der Waals surface area contributed by atoms with Gasteiger partial charge in [0.15, 0.2) is 0 Å². The van der Waals surface area contributed by atoms with Crippen LogP contribution in [0.15, 0.2) is 59.5 Å². The molecule has 8 nitrogen and oxygen atoms in total. The van der Waals surface area contributed by atoms with Gasteiger partial charge in [-0.25, -0.2) is 8.42 Å². The Balaban J connectivity index is 1.65. The molecule has 1 atom stereocenters. The van der Waals surface area contributed by atoms with Crippen LogP contribution >= 0.6 is 0 Å². The lowest BCUT2D eigenvalue weighted by atomic mass is 10.1. The highest BCUT2D eigenvalue weighted by Gasteiger charge is 2.28. The Labute approximate surface area is 208 Å². The first-order chi connectivity index (χ1) is 16.8. The molecule has 1 heterocycles. The Bertz CT molecular complexity index is 1070. The van der Waals surface area contributed by atoms with Crippen molar-refractivity contribution in [1.29, 1.82) is 0 Å². The molecule has 9 heteroatoms. The minimum absolute atomic E-state index is 0.142. The number of benzene rings is 2. The molecular weight excluding hydrogens is 466 g/mol. The van der Waals surface area contributed by atoms with Gasteiger partial charge in [0.05, 0.1) is 11.5 Å². The molecule has 0 spiro atoms. The maximum atomic E-state index is 13.2. The Hall–Kier alpha value is -2.75. The molecule has 0 bridgehead atoms. The van der Waals surface area contributed by atoms with Crippen molar-refractivity contribution >= 4 is 21.8 Å². The molecule has 1 aliphatic heterocycles. The molecule has 0 aliphatic carbocycles. The Morgan fingerprint density at radius 3 is 2.31 bits per heavy atom. The van der Waals surface area contributed by atoms with Gasteiger partial charge in [0, 0.05) is 39.7 Å². The first-order valence-electron chi connectivity index (χ1n) is 12.0. The summed E-state index contributed by atoms with van der Waals surface area (Å²) in [6, 6.07) is 15.7. The number of carbonyl (C=O) groups excluding carboxylic acids is 2. The minimum Gasteiger partial charge on any atom is -0.383 e. The van der Waals surface area contributed by atoms with E-state index in [0.717, 1.165) is 24.0 Å². The summed E-state index contributed by atoms with van der Waals surface area (Å²) in [5, 5.41) is 2.80. The quantitative estimate of drug-likeness (QED) is 0.451. The van der Waals surface area contributed by atoms with Crippen molar-refractivity contribution in [1.82, 2.24) is 14.5 Å². The van der Waals surface area contributed by atoms with E-state index in [1.165, 1.54) is 4.31 Å². The van der Waals surface area contributed by atoms with Gasteiger partial charge in [-0.3, -0.25) is 9.59 Å². The highest BCUT2D eigenvalue weighted by Crippen LogP contribution is 2.21. The first kappa shape index (κ1) is 26.8. The van der Waals surface area contributed by atoms with Crippen LogP contribution in [0.25, 0.3) is 0 Å². The molecule has 1 N–H and O–H groups in total. The van der Waals surface area contributed by atoms with Gasteiger partial charge in [-0.15, -0.1) is 0 Å². The zero-order valence-corrected chi connectivity index (χ0v) is 21.3. The van der Waals surface area contributed by atoms with Crippen molar-refractivity contribution in [3.05, 3.63) is 65.7 Å². The van der Waals surface area contributed by atoms with E-state index in [1.54, 1.807) is 43.2 Å². The highest BCUT2D eigenvalue weighted by molar-refractivity contribution is 7.89. The summed E-state index contributed by atoms with van der Waals surface area (Å²) in [4.78, 5) is 27.7. The molecule has 0 radical (unpaired) electrons. The number of sulfonamides is 1. The molecule has 1 saturated heterocycles. The van der Waals surface area contributed by atoms with E-state index in [4.69, 9.17) is 4.74 Å². The standard InChI is InChI=1S/C26H35N3O5S/c1-21(26(31)27-16-19-34-2)29(20-23-8-4-3-5-9-23)25(30)15-12-22-10-13-24(14-11-22)35(32,33)28-17-6-7-18-28/h3-5,8-11,13-14,21H,6-7,12,15-20H2,1-2H3,(H,27,31)/t21-/m0/s1. The van der Waals surface area contributed by atoms with E-state index in [-0.39, 0.29) is 23.1 Å². The second-order valence-electron chi connectivity index (χ2n) is 8.72. The lowest BCUT2D eigenvalue weighted by Crippen LogP contribution is -2.48. The Morgan fingerprint density at radius 1 is 1.03 bits per heavy atom. The van der Waals surface area contributed by atoms with E-state index in [0.29, 0.717) is 39.2 Å². The van der Waals surface area contributed by atoms with Crippen LogP contribution in [0.5, 0.6) is 0 Å². The monoisotopic (exact) mass is 501 g/mol. The van der Waals surface area contributed by atoms with Crippen molar-refractivity contribution in [3.63, 3.8) is 0 Å². The maximum Gasteiger partial charge on any atom is 0.243 e. The average Bonchev–Trinajstić information content (AvgIpc) is 3.42. The van der Waals surface area contributed by atoms with Gasteiger partial charge in [0.1, 0.15) is 6.04 Å². The van der Waals surface area contributed by atoms with Crippen molar-refractivity contribution < 1.29 is 22.7 Å². The molecule has 0 aromatic heterocycles. The zero-order valence-electron chi connectivity index (χ0n) is 20.5. The predicted molar refractivity (Wildman–Crippen MR) is 134 cm³/mol. The second kappa shape index (κ2) is 12.8. The van der Waals surface area contributed by atoms with Crippen molar-refractivity contribution in [2.75, 3.05) is 33.4 Å². The lowest BCUT2D eigenvalue weighted by molar-refractivity contribution is -0.140. The van der Waals surface area contributed by atoms with Gasteiger partial charge in [-0.2, -0.15) is 4.31 Å². The summed E-state index contributed by atoms with van der Waals surface area (Å²) < 4.78 is 32.0. The summed E-state index contributed by atoms with van der Waals surface area (Å²) >= 11 is 0. The molecule has 1 aliphatic rings. The van der Waals surface area contributed by atoms with Gasteiger partial charge in [0.2, 0.25) is 21.8 Å². The van der Waals surface area contributed by atoms with Crippen molar-refractivity contribution in [3.8, 4) is 0 Å². The molecule has 2 aromatic rings. The van der Waals surface area contributed by atoms with Gasteiger partial charge < -0.3 is 15.0 Å². The van der Waals surface area contributed by atoms with Crippen LogP contribution in [-0.2, 0) is 37.3 Å². The fraction of sp³-hybridized carbons (Fsp3) is 0.462. The van der Waals surface area contributed by atoms with Gasteiger partial charge in [-0.1, -0.05) is 42.5 Å². The number of rotatable bonds is 12. The molecule has 190 valence electrons. The molecular formula is C26H35N3O5S. The van der Waals surface area contributed by atoms with Crippen LogP contribution in [0.2, 0.25) is 0 Å². The number of hydrogen-bond donors (Lipinski definition) is 1. The summed E-state index contributed by atoms with van der Waals surface area (Å²) in [6.07, 6.45) is 2.44. The average molecular weight is 502 g/mol. The normalized spacial score (nSPS) is 15.0. The fourth-order valence-corrected chi connectivity index (χ4v) is 5.60. The summed E-state index contributed by atoms with van der Waals surface area (Å²) in [5.41, 5.74) is 1.81. The molecule has 35 heavy (non-hydrogen) atoms. The first-order valence-corrected chi connectivity index (χ1v) is 13.5. The smallest absolute Gasteiger partial charge is 0.243 e. The Morgan fingerprint density at radius 2 is 1.69 bits per heavy atom. The molecule has 1 fully saturated rings. The predicted octanol–water partition coefficient (Wildman–Crippen LogP) is 2.58. The number of nitrogens with one attached hydrogen (secondary N) is 1. The van der Waals surface area contributed by atoms with E-state index < -0.39 is 16.1 Å². The van der Waals surface area contributed by atoms with E-state index >= 15 is 0 Å². The maximum absolute atomic E-state index is 13.2. The number of amides is 2. The Kier molecular flexibility index (Phi) is 9.83. The van der Waals surface area contributed by atoms with Crippen LogP contribution in [0.1, 0.15) is 37.3 Å². The van der Waals surface area contributed by atoms with Crippen LogP contribution in [0, 0.1) is 0 Å². The van der Waals surface area contributed by atoms with E-state index in [1.807, 2.05) is 30.3 Å². The largest absolute Gasteiger partial charge is 0.383 e. The lowest BCUT2D eigenvalue weighted by Gasteiger charge is -2.29. The summed E-state index contributed by atoms with van der Waals surface area (Å²) in [5.74, 6) is -0.375. The van der Waals surface area contributed by atoms with Crippen molar-refractivity contribution in [2.24, 2.45) is 0 Å². The van der Waals surface area contributed by atoms with Crippen LogP contribution in [0.4, 0.5) is 0 Å². The van der Waals surface area contributed by atoms with Crippen LogP contribution in [0.3, 0.4) is 0 Å². The molecule has 2 amide bonds. The van der Waals surface area contributed by atoms with E-state index in [9.17, 15) is 18.0 Å². The van der Waals surface area contributed by atoms with Crippen molar-refractivity contribution in [2.45, 2.75) is 50.1 Å². The number of nitrogens with zero attached hydrogens (tertiary/aromatic N) is 2. The summed E-state index contributed by atoms with van der Waals surface area (Å²) in [7, 11) is -1.90. The summed E-state index contributed by atoms with van der Waals surface area (Å²) in [6.45, 7) is 3.95. The fourth-order valence-electron chi connectivity index (χ4n) is 4.09. The molecule has 0 unspecified atom stereocenters. The third-order valence-electron chi connectivity index (χ3n) is 6.22. The van der Waals surface area contributed by atoms with Gasteiger partial charge >= 0.3 is 0 Å². The number of hydrogen-bond acceptors (Lipinski definition) is 5. The minimum atomic E-state index is -3.46. The third kappa shape index (κ3) is 7.37. The molecule has 3 rings (SSSR count). The number of ether oxygens (including phenoxy) is 1. The zero-order chi connectivity index (χ0) is 25.3. The van der Waals surface area contributed by atoms with Crippen LogP contribution in [-0.4, -0.2) is 68.8 Å². The molecule has 2 aromatic carbocycles. The number of aryl methyl sites for hydroxylation is 1. The third-order valence-corrected chi connectivity index (χ3v) is 8.14. The van der Waals surface area contributed by atoms with Crippen LogP contribution < -0.4 is 5.32 Å². The van der Waals surface area contributed by atoms with Gasteiger partial charge in [0.25, 0.3) is 0 Å². The number of carbonyl (C=O) groups is 2. The van der Waals surface area contributed by atoms with E-state index in [2.05, 4.69) is 5.32 Å². The number of methoxy groups -OCH3 is 1. The molecule has 0 saturated carbocycles. The second-order valence-corrected chi connectivity index (χ2v) is 10.7. The topological polar surface area (TPSA) is 96.0 Å². The SMILES string of the molecule is COCCNC(=O)[C@H](C)N(Cc1ccccc1)C(=O)CCc1ccc(S(=O)(=O)N2CCCC2)cc1.